The molecule has 0 aliphatic rings. The predicted octanol–water partition coefficient (Wildman–Crippen LogP) is 3.02. The number of carbonyl (C=O) groups excluding carboxylic acids is 1. The van der Waals surface area contributed by atoms with E-state index in [1.807, 2.05) is 53.9 Å². The summed E-state index contributed by atoms with van der Waals surface area (Å²) >= 11 is 6.06. The molecule has 0 radical (unpaired) electrons. The molecule has 2 aromatic heterocycles. The molecule has 0 spiro atoms. The molecule has 23 heavy (non-hydrogen) atoms. The van der Waals surface area contributed by atoms with E-state index in [0.717, 1.165) is 16.8 Å². The number of nitrogens with one attached hydrogen (secondary N) is 1. The van der Waals surface area contributed by atoms with E-state index in [-0.39, 0.29) is 5.91 Å². The van der Waals surface area contributed by atoms with Crippen LogP contribution in [0.25, 0.3) is 11.7 Å². The third-order valence-corrected chi connectivity index (χ3v) is 3.84. The Morgan fingerprint density at radius 3 is 3.00 bits per heavy atom. The summed E-state index contributed by atoms with van der Waals surface area (Å²) in [7, 11) is 0. The molecule has 0 fully saturated rings. The van der Waals surface area contributed by atoms with E-state index in [1.165, 1.54) is 6.08 Å². The molecule has 0 unspecified atom stereocenters. The van der Waals surface area contributed by atoms with Crippen molar-refractivity contribution < 1.29 is 4.79 Å². The number of hydrogen-bond acceptors (Lipinski definition) is 3. The van der Waals surface area contributed by atoms with E-state index in [0.29, 0.717) is 17.4 Å². The number of aromatic nitrogens is 3. The van der Waals surface area contributed by atoms with Crippen molar-refractivity contribution in [2.75, 3.05) is 0 Å². The molecule has 3 rings (SSSR count). The highest BCUT2D eigenvalue weighted by molar-refractivity contribution is 6.31. The average Bonchev–Trinajstić information content (AvgIpc) is 2.97. The maximum absolute atomic E-state index is 11.9. The van der Waals surface area contributed by atoms with Gasteiger partial charge in [0.1, 0.15) is 0 Å². The number of nitrogens with zero attached hydrogens (tertiary/aromatic N) is 3. The zero-order valence-corrected chi connectivity index (χ0v) is 13.3. The van der Waals surface area contributed by atoms with Gasteiger partial charge in [0.2, 0.25) is 5.91 Å². The maximum atomic E-state index is 11.9. The van der Waals surface area contributed by atoms with Crippen LogP contribution < -0.4 is 5.32 Å². The number of carbonyl (C=O) groups is 1. The number of halogens is 1. The summed E-state index contributed by atoms with van der Waals surface area (Å²) in [5, 5.41) is 11.6. The Balaban J connectivity index is 1.63. The van der Waals surface area contributed by atoms with Crippen LogP contribution in [0.15, 0.2) is 48.7 Å². The molecule has 1 amide bonds. The smallest absolute Gasteiger partial charge is 0.244 e. The second kappa shape index (κ2) is 6.62. The Morgan fingerprint density at radius 2 is 2.17 bits per heavy atom. The highest BCUT2D eigenvalue weighted by Crippen LogP contribution is 2.17. The first-order valence-electron chi connectivity index (χ1n) is 7.14. The van der Waals surface area contributed by atoms with E-state index in [9.17, 15) is 4.79 Å². The highest BCUT2D eigenvalue weighted by atomic mass is 35.5. The summed E-state index contributed by atoms with van der Waals surface area (Å²) in [6.07, 6.45) is 5.06. The summed E-state index contributed by atoms with van der Waals surface area (Å²) in [5.74, 6) is 0.482. The number of rotatable bonds is 4. The molecule has 1 aromatic carbocycles. The van der Waals surface area contributed by atoms with Crippen molar-refractivity contribution >= 4 is 29.2 Å². The molecule has 3 aromatic rings. The van der Waals surface area contributed by atoms with Crippen LogP contribution in [0, 0.1) is 6.92 Å². The summed E-state index contributed by atoms with van der Waals surface area (Å²) in [4.78, 5) is 11.9. The van der Waals surface area contributed by atoms with Crippen molar-refractivity contribution in [3.63, 3.8) is 0 Å². The third kappa shape index (κ3) is 3.57. The Bertz CT molecular complexity index is 885. The Hall–Kier alpha value is -2.66. The molecule has 6 heteroatoms. The number of aryl methyl sites for hydroxylation is 1. The molecule has 0 saturated carbocycles. The van der Waals surface area contributed by atoms with Crippen LogP contribution in [0.1, 0.15) is 17.0 Å². The molecule has 0 aliphatic heterocycles. The van der Waals surface area contributed by atoms with Crippen molar-refractivity contribution in [1.29, 1.82) is 0 Å². The number of pyridine rings is 1. The molecule has 0 aliphatic carbocycles. The normalized spacial score (nSPS) is 11.2. The van der Waals surface area contributed by atoms with Gasteiger partial charge in [-0.25, -0.2) is 0 Å². The fourth-order valence-corrected chi connectivity index (χ4v) is 2.31. The Kier molecular flexibility index (Phi) is 4.39. The molecular formula is C17H15ClN4O. The van der Waals surface area contributed by atoms with Gasteiger partial charge in [-0.05, 0) is 42.3 Å². The molecule has 0 atom stereocenters. The quantitative estimate of drug-likeness (QED) is 0.750. The molecular weight excluding hydrogens is 312 g/mol. The number of amides is 1. The van der Waals surface area contributed by atoms with Crippen molar-refractivity contribution in [2.24, 2.45) is 0 Å². The van der Waals surface area contributed by atoms with Gasteiger partial charge in [0.15, 0.2) is 11.5 Å². The molecule has 0 bridgehead atoms. The first-order chi connectivity index (χ1) is 11.1. The molecule has 1 N–H and O–H groups in total. The summed E-state index contributed by atoms with van der Waals surface area (Å²) in [5.41, 5.74) is 2.64. The van der Waals surface area contributed by atoms with E-state index >= 15 is 0 Å². The SMILES string of the molecule is Cc1ccc(/C=C/C(=O)NCc2nnc3ccccn23)cc1Cl. The highest BCUT2D eigenvalue weighted by Gasteiger charge is 2.05. The molecule has 0 saturated heterocycles. The van der Waals surface area contributed by atoms with E-state index in [4.69, 9.17) is 11.6 Å². The summed E-state index contributed by atoms with van der Waals surface area (Å²) < 4.78 is 1.84. The average molecular weight is 327 g/mol. The minimum Gasteiger partial charge on any atom is -0.345 e. The van der Waals surface area contributed by atoms with Gasteiger partial charge in [-0.15, -0.1) is 10.2 Å². The minimum atomic E-state index is -0.200. The second-order valence-electron chi connectivity index (χ2n) is 5.10. The van der Waals surface area contributed by atoms with Gasteiger partial charge in [0, 0.05) is 17.3 Å². The largest absolute Gasteiger partial charge is 0.345 e. The zero-order valence-electron chi connectivity index (χ0n) is 12.5. The van der Waals surface area contributed by atoms with Crippen LogP contribution in [0.3, 0.4) is 0 Å². The van der Waals surface area contributed by atoms with Gasteiger partial charge in [-0.2, -0.15) is 0 Å². The number of hydrogen-bond donors (Lipinski definition) is 1. The van der Waals surface area contributed by atoms with Crippen LogP contribution in [0.2, 0.25) is 5.02 Å². The Morgan fingerprint density at radius 1 is 1.30 bits per heavy atom. The fraction of sp³-hybridized carbons (Fsp3) is 0.118. The molecule has 116 valence electrons. The van der Waals surface area contributed by atoms with Crippen molar-refractivity contribution in [3.8, 4) is 0 Å². The van der Waals surface area contributed by atoms with Crippen molar-refractivity contribution in [1.82, 2.24) is 19.9 Å². The van der Waals surface area contributed by atoms with Gasteiger partial charge in [-0.1, -0.05) is 29.8 Å². The predicted molar refractivity (Wildman–Crippen MR) is 90.1 cm³/mol. The second-order valence-corrected chi connectivity index (χ2v) is 5.51. The van der Waals surface area contributed by atoms with Crippen LogP contribution in [-0.2, 0) is 11.3 Å². The zero-order chi connectivity index (χ0) is 16.2. The lowest BCUT2D eigenvalue weighted by molar-refractivity contribution is -0.116. The Labute approximate surface area is 138 Å². The van der Waals surface area contributed by atoms with Gasteiger partial charge in [0.05, 0.1) is 6.54 Å². The van der Waals surface area contributed by atoms with E-state index < -0.39 is 0 Å². The van der Waals surface area contributed by atoms with Crippen LogP contribution in [0.4, 0.5) is 0 Å². The number of benzene rings is 1. The van der Waals surface area contributed by atoms with Crippen molar-refractivity contribution in [2.45, 2.75) is 13.5 Å². The van der Waals surface area contributed by atoms with Crippen molar-refractivity contribution in [3.05, 3.63) is 70.6 Å². The number of fused-ring (bicyclic) bond motifs is 1. The molecule has 5 nitrogen and oxygen atoms in total. The minimum absolute atomic E-state index is 0.200. The summed E-state index contributed by atoms with van der Waals surface area (Å²) in [6, 6.07) is 11.3. The van der Waals surface area contributed by atoms with Crippen LogP contribution in [0.5, 0.6) is 0 Å². The van der Waals surface area contributed by atoms with Gasteiger partial charge in [0.25, 0.3) is 0 Å². The first kappa shape index (κ1) is 15.2. The maximum Gasteiger partial charge on any atom is 0.244 e. The lowest BCUT2D eigenvalue weighted by Gasteiger charge is -2.01. The lowest BCUT2D eigenvalue weighted by Crippen LogP contribution is -2.21. The summed E-state index contributed by atoms with van der Waals surface area (Å²) in [6.45, 7) is 2.24. The topological polar surface area (TPSA) is 59.3 Å². The van der Waals surface area contributed by atoms with Crippen LogP contribution in [-0.4, -0.2) is 20.5 Å². The van der Waals surface area contributed by atoms with Gasteiger partial charge in [-0.3, -0.25) is 9.20 Å². The monoisotopic (exact) mass is 326 g/mol. The molecule has 2 heterocycles. The first-order valence-corrected chi connectivity index (χ1v) is 7.52. The van der Waals surface area contributed by atoms with Crippen LogP contribution >= 0.6 is 11.6 Å². The van der Waals surface area contributed by atoms with E-state index in [2.05, 4.69) is 15.5 Å². The fourth-order valence-electron chi connectivity index (χ4n) is 2.12. The third-order valence-electron chi connectivity index (χ3n) is 3.43. The van der Waals surface area contributed by atoms with Gasteiger partial charge < -0.3 is 5.32 Å². The lowest BCUT2D eigenvalue weighted by atomic mass is 10.1. The van der Waals surface area contributed by atoms with E-state index in [1.54, 1.807) is 6.08 Å². The standard InChI is InChI=1S/C17H15ClN4O/c1-12-5-6-13(10-14(12)18)7-8-17(23)19-11-16-21-20-15-4-2-3-9-22(15)16/h2-10H,11H2,1H3,(H,19,23)/b8-7+. The van der Waals surface area contributed by atoms with Gasteiger partial charge >= 0.3 is 0 Å².